The minimum absolute atomic E-state index is 0.159. The van der Waals surface area contributed by atoms with Crippen LogP contribution < -0.4 is 10.6 Å². The van der Waals surface area contributed by atoms with E-state index in [1.165, 1.54) is 6.08 Å². The number of aromatic nitrogens is 5. The fourth-order valence-electron chi connectivity index (χ4n) is 3.39. The van der Waals surface area contributed by atoms with E-state index < -0.39 is 11.1 Å². The number of aryl methyl sites for hydroxylation is 1. The molecule has 0 aliphatic heterocycles. The zero-order chi connectivity index (χ0) is 21.8. The van der Waals surface area contributed by atoms with E-state index >= 15 is 0 Å². The molecule has 2 heterocycles. The second-order valence-electron chi connectivity index (χ2n) is 8.12. The number of tetrazole rings is 1. The van der Waals surface area contributed by atoms with Crippen LogP contribution in [0.5, 0.6) is 0 Å². The van der Waals surface area contributed by atoms with Gasteiger partial charge in [0, 0.05) is 17.0 Å². The van der Waals surface area contributed by atoms with E-state index in [1.54, 1.807) is 11.3 Å². The van der Waals surface area contributed by atoms with Gasteiger partial charge in [0.1, 0.15) is 0 Å². The number of amides is 1. The second kappa shape index (κ2) is 9.44. The summed E-state index contributed by atoms with van der Waals surface area (Å²) < 4.78 is 2.73. The van der Waals surface area contributed by atoms with Gasteiger partial charge in [0.25, 0.3) is 0 Å². The molecule has 1 amide bonds. The number of rotatable bonds is 10. The molecule has 2 atom stereocenters. The van der Waals surface area contributed by atoms with Crippen LogP contribution in [0.25, 0.3) is 0 Å². The zero-order valence-corrected chi connectivity index (χ0v) is 20.3. The van der Waals surface area contributed by atoms with Crippen molar-refractivity contribution in [2.75, 3.05) is 0 Å². The lowest BCUT2D eigenvalue weighted by Gasteiger charge is -2.38. The molecular weight excluding hydrogens is 454 g/mol. The molecule has 2 unspecified atom stereocenters. The Bertz CT molecular complexity index is 863. The smallest absolute Gasteiger partial charge is 0.243 e. The van der Waals surface area contributed by atoms with Crippen LogP contribution in [0, 0.1) is 6.92 Å². The summed E-state index contributed by atoms with van der Waals surface area (Å²) in [7, 11) is 0. The summed E-state index contributed by atoms with van der Waals surface area (Å²) in [4.78, 5) is 17.5. The van der Waals surface area contributed by atoms with E-state index in [1.807, 2.05) is 25.5 Å². The summed E-state index contributed by atoms with van der Waals surface area (Å²) in [5.74, 6) is 0.537. The van der Waals surface area contributed by atoms with E-state index in [-0.39, 0.29) is 11.9 Å². The van der Waals surface area contributed by atoms with Gasteiger partial charge in [-0.15, -0.1) is 16.4 Å². The van der Waals surface area contributed by atoms with Crippen molar-refractivity contribution in [3.8, 4) is 0 Å². The average Bonchev–Trinajstić information content (AvgIpc) is 3.25. The molecule has 160 valence electrons. The van der Waals surface area contributed by atoms with Crippen LogP contribution in [-0.4, -0.2) is 36.6 Å². The highest BCUT2D eigenvalue weighted by Gasteiger charge is 2.39. The molecule has 0 aliphatic rings. The first-order valence-electron chi connectivity index (χ1n) is 9.61. The minimum Gasteiger partial charge on any atom is -0.348 e. The third kappa shape index (κ3) is 5.93. The van der Waals surface area contributed by atoms with Gasteiger partial charge in [0.05, 0.1) is 17.3 Å². The van der Waals surface area contributed by atoms with Crippen molar-refractivity contribution < 1.29 is 4.79 Å². The van der Waals surface area contributed by atoms with Gasteiger partial charge in [-0.25, -0.2) is 9.67 Å². The van der Waals surface area contributed by atoms with Gasteiger partial charge in [-0.1, -0.05) is 13.5 Å². The molecule has 0 saturated heterocycles. The average molecular weight is 484 g/mol. The predicted octanol–water partition coefficient (Wildman–Crippen LogP) is 3.65. The van der Waals surface area contributed by atoms with Crippen molar-refractivity contribution in [2.45, 2.75) is 78.0 Å². The Labute approximate surface area is 184 Å². The molecule has 2 N–H and O–H groups in total. The van der Waals surface area contributed by atoms with E-state index in [9.17, 15) is 4.79 Å². The summed E-state index contributed by atoms with van der Waals surface area (Å²) in [5, 5.41) is 19.2. The molecule has 8 nitrogen and oxygen atoms in total. The number of nitrogens with zero attached hydrogens (tertiary/aromatic N) is 5. The van der Waals surface area contributed by atoms with E-state index in [0.29, 0.717) is 13.0 Å². The fraction of sp³-hybridized carbons (Fsp3) is 0.632. The maximum atomic E-state index is 11.9. The quantitative estimate of drug-likeness (QED) is 0.500. The number of thiazole rings is 1. The summed E-state index contributed by atoms with van der Waals surface area (Å²) in [6, 6.07) is 0.159. The fourth-order valence-corrected chi connectivity index (χ4v) is 4.97. The van der Waals surface area contributed by atoms with Gasteiger partial charge in [-0.3, -0.25) is 10.1 Å². The minimum atomic E-state index is -0.589. The molecule has 0 saturated carbocycles. The number of halogens is 1. The van der Waals surface area contributed by atoms with Crippen LogP contribution in [0.3, 0.4) is 0 Å². The van der Waals surface area contributed by atoms with Gasteiger partial charge < -0.3 is 5.32 Å². The molecule has 10 heteroatoms. The van der Waals surface area contributed by atoms with Gasteiger partial charge in [-0.05, 0) is 79.9 Å². The van der Waals surface area contributed by atoms with Gasteiger partial charge in [-0.2, -0.15) is 0 Å². The summed E-state index contributed by atoms with van der Waals surface area (Å²) in [6.07, 6.45) is 2.77. The third-order valence-electron chi connectivity index (χ3n) is 4.94. The van der Waals surface area contributed by atoms with Crippen molar-refractivity contribution in [2.24, 2.45) is 0 Å². The normalized spacial score (nSPS) is 15.0. The highest BCUT2D eigenvalue weighted by molar-refractivity contribution is 9.11. The van der Waals surface area contributed by atoms with Crippen molar-refractivity contribution in [3.05, 3.63) is 33.0 Å². The van der Waals surface area contributed by atoms with Crippen LogP contribution in [0.1, 0.15) is 69.9 Å². The Hall–Kier alpha value is -1.65. The molecule has 2 aromatic rings. The first kappa shape index (κ1) is 23.6. The lowest BCUT2D eigenvalue weighted by molar-refractivity contribution is -0.118. The number of hydrogen-bond acceptors (Lipinski definition) is 7. The molecule has 0 fully saturated rings. The molecular formula is C19H30BrN7OS. The first-order valence-corrected chi connectivity index (χ1v) is 11.2. The topological polar surface area (TPSA) is 97.6 Å². The Morgan fingerprint density at radius 3 is 2.66 bits per heavy atom. The second-order valence-corrected chi connectivity index (χ2v) is 10.5. The third-order valence-corrected chi connectivity index (χ3v) is 6.55. The maximum absolute atomic E-state index is 11.9. The Morgan fingerprint density at radius 2 is 2.10 bits per heavy atom. The van der Waals surface area contributed by atoms with Crippen molar-refractivity contribution >= 4 is 33.2 Å². The largest absolute Gasteiger partial charge is 0.348 e. The Morgan fingerprint density at radius 1 is 1.41 bits per heavy atom. The summed E-state index contributed by atoms with van der Waals surface area (Å²) in [5.41, 5.74) is -0.117. The number of nitrogens with one attached hydrogen (secondary N) is 2. The highest BCUT2D eigenvalue weighted by Crippen LogP contribution is 2.32. The lowest BCUT2D eigenvalue weighted by atomic mass is 9.84. The van der Waals surface area contributed by atoms with Crippen molar-refractivity contribution in [1.82, 2.24) is 35.8 Å². The first-order chi connectivity index (χ1) is 13.5. The van der Waals surface area contributed by atoms with Crippen LogP contribution in [0.15, 0.2) is 16.6 Å². The zero-order valence-electron chi connectivity index (χ0n) is 17.9. The molecule has 0 bridgehead atoms. The number of carbonyl (C=O) groups is 1. The monoisotopic (exact) mass is 483 g/mol. The summed E-state index contributed by atoms with van der Waals surface area (Å²) >= 11 is 5.05. The maximum Gasteiger partial charge on any atom is 0.243 e. The SMILES string of the molecule is C=CC(=O)NC(C)(C)CC(C)(NCc1sc(Br)nc1C)c1nnnn1C(C)CC. The van der Waals surface area contributed by atoms with E-state index in [0.717, 1.165) is 26.7 Å². The molecule has 0 radical (unpaired) electrons. The molecule has 2 aromatic heterocycles. The standard InChI is InChI=1S/C19H30BrN7OS/c1-8-12(3)27-16(24-25-26-27)19(7,11-18(5,6)23-15(28)9-2)21-10-14-13(4)22-17(20)29-14/h9,12,21H,2,8,10-11H2,1,3-7H3,(H,23,28). The molecule has 0 aliphatic carbocycles. The van der Waals surface area contributed by atoms with Crippen LogP contribution >= 0.6 is 27.3 Å². The van der Waals surface area contributed by atoms with Crippen molar-refractivity contribution in [1.29, 1.82) is 0 Å². The lowest BCUT2D eigenvalue weighted by Crippen LogP contribution is -2.52. The Kier molecular flexibility index (Phi) is 7.69. The van der Waals surface area contributed by atoms with Crippen molar-refractivity contribution in [3.63, 3.8) is 0 Å². The molecule has 0 aromatic carbocycles. The Balaban J connectivity index is 2.38. The van der Waals surface area contributed by atoms with Gasteiger partial charge in [0.15, 0.2) is 9.74 Å². The number of hydrogen-bond donors (Lipinski definition) is 2. The van der Waals surface area contributed by atoms with Gasteiger partial charge >= 0.3 is 0 Å². The van der Waals surface area contributed by atoms with E-state index in [2.05, 4.69) is 74.4 Å². The molecule has 29 heavy (non-hydrogen) atoms. The van der Waals surface area contributed by atoms with Crippen LogP contribution in [-0.2, 0) is 16.9 Å². The van der Waals surface area contributed by atoms with Crippen LogP contribution in [0.4, 0.5) is 0 Å². The summed E-state index contributed by atoms with van der Waals surface area (Å²) in [6.45, 7) is 16.4. The molecule has 0 spiro atoms. The predicted molar refractivity (Wildman–Crippen MR) is 119 cm³/mol. The molecule has 2 rings (SSSR count). The van der Waals surface area contributed by atoms with Crippen LogP contribution in [0.2, 0.25) is 0 Å². The highest BCUT2D eigenvalue weighted by atomic mass is 79.9. The number of carbonyl (C=O) groups excluding carboxylic acids is 1. The van der Waals surface area contributed by atoms with Gasteiger partial charge in [0.2, 0.25) is 5.91 Å². The van der Waals surface area contributed by atoms with E-state index in [4.69, 9.17) is 0 Å².